The number of hydrogen-bond donors (Lipinski definition) is 4. The average Bonchev–Trinajstić information content (AvgIpc) is 2.45. The number of nitrogens with one attached hydrogen (secondary N) is 1. The van der Waals surface area contributed by atoms with Gasteiger partial charge in [0.05, 0.1) is 5.56 Å². The predicted molar refractivity (Wildman–Crippen MR) is 78.3 cm³/mol. The highest BCUT2D eigenvalue weighted by molar-refractivity contribution is 5.88. The molecule has 0 saturated carbocycles. The molecule has 8 nitrogen and oxygen atoms in total. The molecule has 0 bridgehead atoms. The Hall–Kier alpha value is -2.74. The van der Waals surface area contributed by atoms with Gasteiger partial charge in [0.25, 0.3) is 0 Å². The molecule has 0 saturated heterocycles. The Kier molecular flexibility index (Phi) is 4.62. The number of nitrogens with two attached hydrogens (primary N) is 2. The van der Waals surface area contributed by atoms with E-state index < -0.39 is 5.97 Å². The van der Waals surface area contributed by atoms with E-state index in [9.17, 15) is 4.79 Å². The van der Waals surface area contributed by atoms with Crippen molar-refractivity contribution in [1.82, 2.24) is 15.0 Å². The lowest BCUT2D eigenvalue weighted by molar-refractivity contribution is 0.0697. The van der Waals surface area contributed by atoms with Gasteiger partial charge in [-0.25, -0.2) is 4.79 Å². The molecule has 2 rings (SSSR count). The Bertz CT molecular complexity index is 646. The van der Waals surface area contributed by atoms with Crippen molar-refractivity contribution < 1.29 is 9.90 Å². The first kappa shape index (κ1) is 14.7. The summed E-state index contributed by atoms with van der Waals surface area (Å²) in [5.41, 5.74) is 11.8. The largest absolute Gasteiger partial charge is 0.478 e. The lowest BCUT2D eigenvalue weighted by atomic mass is 10.2. The van der Waals surface area contributed by atoms with Gasteiger partial charge in [0.1, 0.15) is 5.82 Å². The first-order chi connectivity index (χ1) is 10.1. The summed E-state index contributed by atoms with van der Waals surface area (Å²) in [5, 5.41) is 11.9. The van der Waals surface area contributed by atoms with Crippen molar-refractivity contribution in [3.05, 3.63) is 35.7 Å². The van der Waals surface area contributed by atoms with Crippen LogP contribution < -0.4 is 16.8 Å². The minimum absolute atomic E-state index is 0.105. The van der Waals surface area contributed by atoms with Crippen LogP contribution in [0.1, 0.15) is 22.6 Å². The van der Waals surface area contributed by atoms with Crippen molar-refractivity contribution in [2.75, 3.05) is 17.6 Å². The molecule has 8 heteroatoms. The average molecular weight is 288 g/mol. The molecule has 1 heterocycles. The van der Waals surface area contributed by atoms with Gasteiger partial charge in [-0.15, -0.1) is 0 Å². The van der Waals surface area contributed by atoms with Gasteiger partial charge >= 0.3 is 5.97 Å². The Morgan fingerprint density at radius 2 is 2.10 bits per heavy atom. The lowest BCUT2D eigenvalue weighted by Crippen LogP contribution is -2.09. The summed E-state index contributed by atoms with van der Waals surface area (Å²) < 4.78 is 0. The molecule has 1 aromatic heterocycles. The number of carboxylic acids is 1. The van der Waals surface area contributed by atoms with Crippen molar-refractivity contribution in [3.8, 4) is 0 Å². The van der Waals surface area contributed by atoms with Crippen LogP contribution in [0.5, 0.6) is 0 Å². The summed E-state index contributed by atoms with van der Waals surface area (Å²) >= 11 is 0. The van der Waals surface area contributed by atoms with Crippen LogP contribution in [0, 0.1) is 0 Å². The minimum Gasteiger partial charge on any atom is -0.478 e. The number of rotatable bonds is 6. The second-order valence-electron chi connectivity index (χ2n) is 4.34. The monoisotopic (exact) mass is 288 g/mol. The van der Waals surface area contributed by atoms with Crippen LogP contribution in [0.3, 0.4) is 0 Å². The highest BCUT2D eigenvalue weighted by atomic mass is 16.4. The first-order valence-electron chi connectivity index (χ1n) is 6.39. The van der Waals surface area contributed by atoms with E-state index in [-0.39, 0.29) is 17.5 Å². The van der Waals surface area contributed by atoms with E-state index in [2.05, 4.69) is 20.3 Å². The van der Waals surface area contributed by atoms with Crippen molar-refractivity contribution >= 4 is 23.6 Å². The van der Waals surface area contributed by atoms with Gasteiger partial charge in [-0.3, -0.25) is 0 Å². The van der Waals surface area contributed by atoms with E-state index in [0.717, 1.165) is 6.42 Å². The number of aromatic carboxylic acids is 1. The maximum atomic E-state index is 10.9. The topological polar surface area (TPSA) is 140 Å². The van der Waals surface area contributed by atoms with Gasteiger partial charge in [-0.05, 0) is 31.2 Å². The number of carbonyl (C=O) groups is 1. The molecule has 0 unspecified atom stereocenters. The van der Waals surface area contributed by atoms with Gasteiger partial charge < -0.3 is 21.9 Å². The van der Waals surface area contributed by atoms with E-state index in [0.29, 0.717) is 24.5 Å². The van der Waals surface area contributed by atoms with Crippen LogP contribution in [0.4, 0.5) is 17.6 Å². The van der Waals surface area contributed by atoms with Crippen LogP contribution in [0.15, 0.2) is 24.3 Å². The van der Waals surface area contributed by atoms with Gasteiger partial charge in [0.2, 0.25) is 11.9 Å². The number of anilines is 3. The van der Waals surface area contributed by atoms with E-state index in [1.807, 2.05) is 0 Å². The number of nitrogens with zero attached hydrogens (tertiary/aromatic N) is 3. The number of hydrogen-bond acceptors (Lipinski definition) is 7. The fourth-order valence-electron chi connectivity index (χ4n) is 1.72. The molecular weight excluding hydrogens is 272 g/mol. The second-order valence-corrected chi connectivity index (χ2v) is 4.34. The molecule has 0 aliphatic carbocycles. The summed E-state index contributed by atoms with van der Waals surface area (Å²) in [7, 11) is 0. The Labute approximate surface area is 121 Å². The Balaban J connectivity index is 2.20. The molecule has 0 aliphatic heterocycles. The van der Waals surface area contributed by atoms with E-state index in [1.165, 1.54) is 12.1 Å². The summed E-state index contributed by atoms with van der Waals surface area (Å²) in [6, 6.07) is 6.33. The third kappa shape index (κ3) is 4.11. The molecular formula is C13H16N6O2. The zero-order valence-corrected chi connectivity index (χ0v) is 11.3. The van der Waals surface area contributed by atoms with Crippen LogP contribution >= 0.6 is 0 Å². The maximum Gasteiger partial charge on any atom is 0.335 e. The Morgan fingerprint density at radius 3 is 2.81 bits per heavy atom. The first-order valence-corrected chi connectivity index (χ1v) is 6.39. The van der Waals surface area contributed by atoms with Gasteiger partial charge in [0.15, 0.2) is 0 Å². The van der Waals surface area contributed by atoms with Gasteiger partial charge in [-0.2, -0.15) is 15.0 Å². The SMILES string of the molecule is NCCCc1nc(N)nc(Nc2cccc(C(=O)O)c2)n1. The third-order valence-corrected chi connectivity index (χ3v) is 2.67. The summed E-state index contributed by atoms with van der Waals surface area (Å²) in [4.78, 5) is 23.2. The number of nitrogen functional groups attached to an aromatic ring is 1. The van der Waals surface area contributed by atoms with Crippen molar-refractivity contribution in [2.24, 2.45) is 5.73 Å². The smallest absolute Gasteiger partial charge is 0.335 e. The molecule has 6 N–H and O–H groups in total. The second kappa shape index (κ2) is 6.62. The molecule has 0 spiro atoms. The van der Waals surface area contributed by atoms with Crippen molar-refractivity contribution in [3.63, 3.8) is 0 Å². The molecule has 0 amide bonds. The normalized spacial score (nSPS) is 10.3. The molecule has 0 radical (unpaired) electrons. The van der Waals surface area contributed by atoms with E-state index >= 15 is 0 Å². The van der Waals surface area contributed by atoms with Gasteiger partial charge in [0, 0.05) is 12.1 Å². The molecule has 110 valence electrons. The quantitative estimate of drug-likeness (QED) is 0.611. The molecule has 0 aliphatic rings. The van der Waals surface area contributed by atoms with E-state index in [1.54, 1.807) is 12.1 Å². The minimum atomic E-state index is -1.00. The number of aryl methyl sites for hydroxylation is 1. The predicted octanol–water partition coefficient (Wildman–Crippen LogP) is 0.787. The number of aromatic nitrogens is 3. The van der Waals surface area contributed by atoms with E-state index in [4.69, 9.17) is 16.6 Å². The van der Waals surface area contributed by atoms with Crippen LogP contribution in [-0.2, 0) is 6.42 Å². The fourth-order valence-corrected chi connectivity index (χ4v) is 1.72. The van der Waals surface area contributed by atoms with Crippen molar-refractivity contribution in [1.29, 1.82) is 0 Å². The molecule has 21 heavy (non-hydrogen) atoms. The van der Waals surface area contributed by atoms with Crippen LogP contribution in [-0.4, -0.2) is 32.6 Å². The Morgan fingerprint density at radius 1 is 1.29 bits per heavy atom. The van der Waals surface area contributed by atoms with Crippen molar-refractivity contribution in [2.45, 2.75) is 12.8 Å². The van der Waals surface area contributed by atoms with Crippen LogP contribution in [0.25, 0.3) is 0 Å². The maximum absolute atomic E-state index is 10.9. The number of benzene rings is 1. The molecule has 0 fully saturated rings. The molecule has 1 aromatic carbocycles. The highest BCUT2D eigenvalue weighted by Gasteiger charge is 2.07. The zero-order valence-electron chi connectivity index (χ0n) is 11.3. The van der Waals surface area contributed by atoms with Crippen LogP contribution in [0.2, 0.25) is 0 Å². The lowest BCUT2D eigenvalue weighted by Gasteiger charge is -2.07. The highest BCUT2D eigenvalue weighted by Crippen LogP contribution is 2.15. The molecule has 2 aromatic rings. The fraction of sp³-hybridized carbons (Fsp3) is 0.231. The van der Waals surface area contributed by atoms with Gasteiger partial charge in [-0.1, -0.05) is 6.07 Å². The standard InChI is InChI=1S/C13H16N6O2/c14-6-2-5-10-17-12(15)19-13(18-10)16-9-4-1-3-8(7-9)11(20)21/h1,3-4,7H,2,5-6,14H2,(H,20,21)(H3,15,16,17,18,19). The zero-order chi connectivity index (χ0) is 15.2. The number of carboxylic acid groups (broad SMARTS) is 1. The third-order valence-electron chi connectivity index (χ3n) is 2.67. The summed E-state index contributed by atoms with van der Waals surface area (Å²) in [6.45, 7) is 0.537. The summed E-state index contributed by atoms with van der Waals surface area (Å²) in [5.74, 6) is -0.0757. The molecule has 0 atom stereocenters. The summed E-state index contributed by atoms with van der Waals surface area (Å²) in [6.07, 6.45) is 1.35.